The summed E-state index contributed by atoms with van der Waals surface area (Å²) >= 11 is 28.1. The molecule has 0 aromatic heterocycles. The number of alkyl halides is 2. The number of hydrogen-bond donors (Lipinski definition) is 0. The Kier molecular flexibility index (Phi) is 2.26. The fourth-order valence-electron chi connectivity index (χ4n) is 0.568. The molecular formula is C3H3Cl5Si. The molecule has 1 aliphatic carbocycles. The van der Waals surface area contributed by atoms with Gasteiger partial charge >= 0.3 is 6.00 Å². The van der Waals surface area contributed by atoms with Crippen molar-refractivity contribution in [2.24, 2.45) is 0 Å². The number of halogens is 5. The van der Waals surface area contributed by atoms with Crippen LogP contribution >= 0.6 is 56.4 Å². The molecule has 0 nitrogen and oxygen atoms in total. The Morgan fingerprint density at radius 3 is 1.56 bits per heavy atom. The van der Waals surface area contributed by atoms with Gasteiger partial charge in [0.05, 0.1) is 0 Å². The Bertz CT molecular complexity index is 127. The van der Waals surface area contributed by atoms with Gasteiger partial charge < -0.3 is 0 Å². The third kappa shape index (κ3) is 2.05. The zero-order valence-corrected chi connectivity index (χ0v) is 8.95. The molecule has 0 aromatic rings. The standard InChI is InChI=1S/C3H3Cl5Si/c4-3(5)1-2(3)9(6,7)8/h2H,1H2. The van der Waals surface area contributed by atoms with E-state index in [1.807, 2.05) is 0 Å². The van der Waals surface area contributed by atoms with Crippen molar-refractivity contribution in [1.82, 2.24) is 0 Å². The van der Waals surface area contributed by atoms with Crippen LogP contribution in [-0.4, -0.2) is 10.3 Å². The monoisotopic (exact) mass is 242 g/mol. The smallest absolute Gasteiger partial charge is 0.126 e. The van der Waals surface area contributed by atoms with Crippen molar-refractivity contribution in [3.05, 3.63) is 0 Å². The highest BCUT2D eigenvalue weighted by Crippen LogP contribution is 2.65. The fraction of sp³-hybridized carbons (Fsp3) is 1.00. The zero-order valence-electron chi connectivity index (χ0n) is 4.17. The molecule has 1 aliphatic rings. The van der Waals surface area contributed by atoms with E-state index in [4.69, 9.17) is 56.4 Å². The molecule has 0 bridgehead atoms. The fourth-order valence-corrected chi connectivity index (χ4v) is 6.53. The van der Waals surface area contributed by atoms with Gasteiger partial charge in [0.25, 0.3) is 0 Å². The molecule has 9 heavy (non-hydrogen) atoms. The van der Waals surface area contributed by atoms with Crippen molar-refractivity contribution < 1.29 is 0 Å². The molecule has 1 saturated carbocycles. The van der Waals surface area contributed by atoms with Crippen molar-refractivity contribution in [1.29, 1.82) is 0 Å². The minimum atomic E-state index is -2.61. The molecule has 54 valence electrons. The molecular weight excluding hydrogens is 241 g/mol. The molecule has 0 spiro atoms. The zero-order chi connectivity index (χ0) is 7.28. The van der Waals surface area contributed by atoms with E-state index in [-0.39, 0.29) is 5.54 Å². The molecule has 0 heterocycles. The van der Waals surface area contributed by atoms with Gasteiger partial charge in [-0.05, 0) is 6.42 Å². The van der Waals surface area contributed by atoms with Gasteiger partial charge in [0.1, 0.15) is 4.33 Å². The Hall–Kier alpha value is 1.67. The largest absolute Gasteiger partial charge is 0.347 e. The summed E-state index contributed by atoms with van der Waals surface area (Å²) in [6.07, 6.45) is 0.624. The minimum absolute atomic E-state index is 0.0710. The first-order chi connectivity index (χ1) is 3.84. The summed E-state index contributed by atoms with van der Waals surface area (Å²) in [5, 5.41) is 0. The van der Waals surface area contributed by atoms with Crippen molar-refractivity contribution in [3.8, 4) is 0 Å². The van der Waals surface area contributed by atoms with Crippen LogP contribution in [0.5, 0.6) is 0 Å². The van der Waals surface area contributed by atoms with E-state index in [2.05, 4.69) is 0 Å². The first-order valence-corrected chi connectivity index (χ1v) is 8.15. The molecule has 1 fully saturated rings. The summed E-state index contributed by atoms with van der Waals surface area (Å²) in [7, 11) is 0. The van der Waals surface area contributed by atoms with E-state index >= 15 is 0 Å². The molecule has 0 saturated heterocycles. The lowest BCUT2D eigenvalue weighted by molar-refractivity contribution is 1.34. The number of hydrogen-bond acceptors (Lipinski definition) is 0. The highest BCUT2D eigenvalue weighted by Gasteiger charge is 2.63. The van der Waals surface area contributed by atoms with Crippen LogP contribution in [-0.2, 0) is 0 Å². The van der Waals surface area contributed by atoms with E-state index in [1.54, 1.807) is 0 Å². The molecule has 1 atom stereocenters. The predicted octanol–water partition coefficient (Wildman–Crippen LogP) is 3.59. The van der Waals surface area contributed by atoms with Gasteiger partial charge in [-0.1, -0.05) is 0 Å². The molecule has 0 aliphatic heterocycles. The molecule has 0 N–H and O–H groups in total. The summed E-state index contributed by atoms with van der Waals surface area (Å²) in [4.78, 5) is 0. The van der Waals surface area contributed by atoms with Crippen molar-refractivity contribution >= 4 is 62.4 Å². The first kappa shape index (κ1) is 8.76. The van der Waals surface area contributed by atoms with E-state index in [0.29, 0.717) is 6.42 Å². The van der Waals surface area contributed by atoms with Crippen LogP contribution in [0, 0.1) is 0 Å². The quantitative estimate of drug-likeness (QED) is 0.376. The Morgan fingerprint density at radius 2 is 1.56 bits per heavy atom. The van der Waals surface area contributed by atoms with Gasteiger partial charge in [-0.15, -0.1) is 56.4 Å². The van der Waals surface area contributed by atoms with Crippen molar-refractivity contribution in [3.63, 3.8) is 0 Å². The second-order valence-corrected chi connectivity index (χ2v) is 12.5. The molecule has 6 heteroatoms. The second-order valence-electron chi connectivity index (χ2n) is 2.06. The highest BCUT2D eigenvalue weighted by molar-refractivity contribution is 7.65. The maximum atomic E-state index is 5.64. The van der Waals surface area contributed by atoms with Crippen molar-refractivity contribution in [2.45, 2.75) is 16.3 Å². The second kappa shape index (κ2) is 2.33. The van der Waals surface area contributed by atoms with Crippen LogP contribution < -0.4 is 0 Å². The van der Waals surface area contributed by atoms with E-state index in [9.17, 15) is 0 Å². The highest BCUT2D eigenvalue weighted by atomic mass is 35.8. The van der Waals surface area contributed by atoms with Gasteiger partial charge in [0.15, 0.2) is 0 Å². The summed E-state index contributed by atoms with van der Waals surface area (Å²) in [6, 6.07) is -2.61. The van der Waals surface area contributed by atoms with Gasteiger partial charge in [-0.3, -0.25) is 0 Å². The summed E-state index contributed by atoms with van der Waals surface area (Å²) in [6.45, 7) is 0. The van der Waals surface area contributed by atoms with Gasteiger partial charge in [0.2, 0.25) is 0 Å². The SMILES string of the molecule is ClC1(Cl)CC1[Si](Cl)(Cl)Cl. The van der Waals surface area contributed by atoms with Gasteiger partial charge in [0, 0.05) is 5.54 Å². The average Bonchev–Trinajstić information content (AvgIpc) is 2.10. The lowest BCUT2D eigenvalue weighted by Crippen LogP contribution is -2.12. The molecule has 1 unspecified atom stereocenters. The van der Waals surface area contributed by atoms with Crippen molar-refractivity contribution in [2.75, 3.05) is 0 Å². The van der Waals surface area contributed by atoms with Crippen LogP contribution in [0.15, 0.2) is 0 Å². The molecule has 0 aromatic carbocycles. The maximum absolute atomic E-state index is 5.64. The van der Waals surface area contributed by atoms with Crippen LogP contribution in [0.3, 0.4) is 0 Å². The van der Waals surface area contributed by atoms with Crippen LogP contribution in [0.1, 0.15) is 6.42 Å². The maximum Gasteiger partial charge on any atom is 0.347 e. The van der Waals surface area contributed by atoms with Gasteiger partial charge in [-0.2, -0.15) is 0 Å². The lowest BCUT2D eigenvalue weighted by Gasteiger charge is -2.05. The number of rotatable bonds is 1. The van der Waals surface area contributed by atoms with Crippen LogP contribution in [0.25, 0.3) is 0 Å². The predicted molar refractivity (Wildman–Crippen MR) is 46.1 cm³/mol. The third-order valence-corrected chi connectivity index (χ3v) is 6.28. The summed E-state index contributed by atoms with van der Waals surface area (Å²) in [5.74, 6) is 0. The molecule has 1 rings (SSSR count). The minimum Gasteiger partial charge on any atom is -0.126 e. The third-order valence-electron chi connectivity index (χ3n) is 1.22. The molecule has 0 radical (unpaired) electrons. The average molecular weight is 244 g/mol. The van der Waals surface area contributed by atoms with Gasteiger partial charge in [-0.25, -0.2) is 0 Å². The first-order valence-electron chi connectivity index (χ1n) is 2.28. The Labute approximate surface area is 78.5 Å². The molecule has 0 amide bonds. The lowest BCUT2D eigenvalue weighted by atomic mass is 10.9. The Balaban J connectivity index is 2.52. The van der Waals surface area contributed by atoms with E-state index in [1.165, 1.54) is 0 Å². The van der Waals surface area contributed by atoms with E-state index < -0.39 is 10.3 Å². The summed E-state index contributed by atoms with van der Waals surface area (Å²) < 4.78 is -0.739. The topological polar surface area (TPSA) is 0 Å². The normalized spacial score (nSPS) is 32.3. The van der Waals surface area contributed by atoms with Crippen LogP contribution in [0.4, 0.5) is 0 Å². The summed E-state index contributed by atoms with van der Waals surface area (Å²) in [5.41, 5.74) is -0.0710. The Morgan fingerprint density at radius 1 is 1.22 bits per heavy atom. The van der Waals surface area contributed by atoms with E-state index in [0.717, 1.165) is 0 Å². The van der Waals surface area contributed by atoms with Crippen LogP contribution in [0.2, 0.25) is 5.54 Å².